The maximum atomic E-state index is 12.4. The second kappa shape index (κ2) is 9.14. The number of hydrogen-bond donors (Lipinski definition) is 1. The van der Waals surface area contributed by atoms with Crippen LogP contribution in [0, 0.1) is 0 Å². The molecule has 0 fully saturated rings. The predicted octanol–water partition coefficient (Wildman–Crippen LogP) is 3.82. The molecule has 1 aromatic carbocycles. The van der Waals surface area contributed by atoms with Gasteiger partial charge in [-0.05, 0) is 30.2 Å². The standard InChI is InChI=1S/C20H21N5OS/c1-3-13-25-19(17-11-7-8-12-21-17)23-24-20(25)27-14-18(26)22-16-10-6-5-9-15(16)4-2/h3,5-12H,1,4,13-14H2,2H3,(H,22,26). The van der Waals surface area contributed by atoms with Gasteiger partial charge >= 0.3 is 0 Å². The predicted molar refractivity (Wildman–Crippen MR) is 109 cm³/mol. The summed E-state index contributed by atoms with van der Waals surface area (Å²) in [5.41, 5.74) is 2.70. The zero-order chi connectivity index (χ0) is 19.1. The molecule has 0 spiro atoms. The zero-order valence-corrected chi connectivity index (χ0v) is 15.9. The largest absolute Gasteiger partial charge is 0.325 e. The number of benzene rings is 1. The summed E-state index contributed by atoms with van der Waals surface area (Å²) in [6, 6.07) is 13.5. The molecule has 0 saturated carbocycles. The van der Waals surface area contributed by atoms with Gasteiger partial charge in [0.1, 0.15) is 5.69 Å². The molecule has 0 aliphatic rings. The fourth-order valence-corrected chi connectivity index (χ4v) is 3.39. The summed E-state index contributed by atoms with van der Waals surface area (Å²) in [5.74, 6) is 0.832. The van der Waals surface area contributed by atoms with Gasteiger partial charge in [-0.1, -0.05) is 49.0 Å². The Kier molecular flexibility index (Phi) is 6.38. The normalized spacial score (nSPS) is 10.6. The molecule has 0 aliphatic heterocycles. The molecule has 3 aromatic rings. The lowest BCUT2D eigenvalue weighted by Gasteiger charge is -2.10. The molecule has 1 N–H and O–H groups in total. The van der Waals surface area contributed by atoms with Gasteiger partial charge in [-0.2, -0.15) is 0 Å². The van der Waals surface area contributed by atoms with E-state index in [2.05, 4.69) is 34.0 Å². The number of carbonyl (C=O) groups excluding carboxylic acids is 1. The number of pyridine rings is 1. The number of rotatable bonds is 8. The van der Waals surface area contributed by atoms with E-state index < -0.39 is 0 Å². The first kappa shape index (κ1) is 18.8. The molecule has 138 valence electrons. The second-order valence-electron chi connectivity index (χ2n) is 5.77. The maximum Gasteiger partial charge on any atom is 0.234 e. The molecule has 0 atom stereocenters. The number of hydrogen-bond acceptors (Lipinski definition) is 5. The number of anilines is 1. The van der Waals surface area contributed by atoms with E-state index in [1.807, 2.05) is 47.0 Å². The third kappa shape index (κ3) is 4.62. The van der Waals surface area contributed by atoms with Crippen LogP contribution in [0.15, 0.2) is 66.5 Å². The molecule has 27 heavy (non-hydrogen) atoms. The van der Waals surface area contributed by atoms with Crippen LogP contribution < -0.4 is 5.32 Å². The van der Waals surface area contributed by atoms with Crippen molar-refractivity contribution < 1.29 is 4.79 Å². The highest BCUT2D eigenvalue weighted by Gasteiger charge is 2.16. The first-order valence-corrected chi connectivity index (χ1v) is 9.67. The smallest absolute Gasteiger partial charge is 0.234 e. The van der Waals surface area contributed by atoms with Gasteiger partial charge in [0.25, 0.3) is 0 Å². The molecular weight excluding hydrogens is 358 g/mol. The van der Waals surface area contributed by atoms with Crippen LogP contribution in [0.4, 0.5) is 5.69 Å². The molecule has 3 rings (SSSR count). The average molecular weight is 379 g/mol. The highest BCUT2D eigenvalue weighted by atomic mass is 32.2. The molecule has 2 aromatic heterocycles. The van der Waals surface area contributed by atoms with E-state index in [-0.39, 0.29) is 11.7 Å². The zero-order valence-electron chi connectivity index (χ0n) is 15.1. The summed E-state index contributed by atoms with van der Waals surface area (Å²) in [7, 11) is 0. The van der Waals surface area contributed by atoms with Gasteiger partial charge in [0.15, 0.2) is 11.0 Å². The highest BCUT2D eigenvalue weighted by molar-refractivity contribution is 7.99. The summed E-state index contributed by atoms with van der Waals surface area (Å²) in [6.07, 6.45) is 4.36. The molecule has 0 bridgehead atoms. The summed E-state index contributed by atoms with van der Waals surface area (Å²) >= 11 is 1.35. The molecule has 0 saturated heterocycles. The van der Waals surface area contributed by atoms with Crippen molar-refractivity contribution in [2.24, 2.45) is 0 Å². The Morgan fingerprint density at radius 1 is 1.22 bits per heavy atom. The first-order chi connectivity index (χ1) is 13.2. The van der Waals surface area contributed by atoms with Crippen LogP contribution in [0.1, 0.15) is 12.5 Å². The van der Waals surface area contributed by atoms with E-state index in [0.29, 0.717) is 17.5 Å². The van der Waals surface area contributed by atoms with E-state index in [4.69, 9.17) is 0 Å². The number of nitrogens with one attached hydrogen (secondary N) is 1. The number of allylic oxidation sites excluding steroid dienone is 1. The summed E-state index contributed by atoms with van der Waals surface area (Å²) in [4.78, 5) is 16.7. The quantitative estimate of drug-likeness (QED) is 0.476. The van der Waals surface area contributed by atoms with Crippen LogP contribution in [0.5, 0.6) is 0 Å². The Hall–Kier alpha value is -2.93. The summed E-state index contributed by atoms with van der Waals surface area (Å²) < 4.78 is 1.91. The monoisotopic (exact) mass is 379 g/mol. The van der Waals surface area contributed by atoms with Crippen molar-refractivity contribution in [3.8, 4) is 11.5 Å². The highest BCUT2D eigenvalue weighted by Crippen LogP contribution is 2.23. The van der Waals surface area contributed by atoms with Gasteiger partial charge in [0.2, 0.25) is 5.91 Å². The van der Waals surface area contributed by atoms with Crippen LogP contribution in [0.3, 0.4) is 0 Å². The minimum Gasteiger partial charge on any atom is -0.325 e. The van der Waals surface area contributed by atoms with Gasteiger partial charge in [0.05, 0.1) is 5.75 Å². The van der Waals surface area contributed by atoms with Crippen molar-refractivity contribution in [1.82, 2.24) is 19.7 Å². The molecule has 6 nitrogen and oxygen atoms in total. The lowest BCUT2D eigenvalue weighted by molar-refractivity contribution is -0.113. The average Bonchev–Trinajstić information content (AvgIpc) is 3.10. The Balaban J connectivity index is 1.71. The van der Waals surface area contributed by atoms with E-state index in [9.17, 15) is 4.79 Å². The maximum absolute atomic E-state index is 12.4. The van der Waals surface area contributed by atoms with Gasteiger partial charge in [-0.15, -0.1) is 16.8 Å². The Labute approximate surface area is 162 Å². The second-order valence-corrected chi connectivity index (χ2v) is 6.71. The van der Waals surface area contributed by atoms with Crippen molar-refractivity contribution in [3.05, 3.63) is 66.9 Å². The number of nitrogens with zero attached hydrogens (tertiary/aromatic N) is 4. The lowest BCUT2D eigenvalue weighted by atomic mass is 10.1. The molecular formula is C20H21N5OS. The van der Waals surface area contributed by atoms with Crippen LogP contribution >= 0.6 is 11.8 Å². The number of carbonyl (C=O) groups is 1. The molecule has 0 aliphatic carbocycles. The molecule has 0 unspecified atom stereocenters. The van der Waals surface area contributed by atoms with Crippen LogP contribution in [-0.4, -0.2) is 31.4 Å². The summed E-state index contributed by atoms with van der Waals surface area (Å²) in [5, 5.41) is 12.1. The molecule has 2 heterocycles. The van der Waals surface area contributed by atoms with E-state index in [1.165, 1.54) is 11.8 Å². The Morgan fingerprint density at radius 3 is 2.78 bits per heavy atom. The van der Waals surface area contributed by atoms with Crippen LogP contribution in [-0.2, 0) is 17.8 Å². The third-order valence-corrected chi connectivity index (χ3v) is 4.89. The first-order valence-electron chi connectivity index (χ1n) is 8.69. The SMILES string of the molecule is C=CCn1c(SCC(=O)Nc2ccccc2CC)nnc1-c1ccccn1. The van der Waals surface area contributed by atoms with Gasteiger partial charge in [-0.3, -0.25) is 14.3 Å². The minimum absolute atomic E-state index is 0.0755. The van der Waals surface area contributed by atoms with Crippen LogP contribution in [0.25, 0.3) is 11.5 Å². The molecule has 0 radical (unpaired) electrons. The van der Waals surface area contributed by atoms with Crippen molar-refractivity contribution >= 4 is 23.4 Å². The molecule has 7 heteroatoms. The van der Waals surface area contributed by atoms with Crippen molar-refractivity contribution in [2.75, 3.05) is 11.1 Å². The van der Waals surface area contributed by atoms with E-state index in [1.54, 1.807) is 12.3 Å². The molecule has 1 amide bonds. The van der Waals surface area contributed by atoms with Gasteiger partial charge in [0, 0.05) is 18.4 Å². The minimum atomic E-state index is -0.0755. The number of aryl methyl sites for hydroxylation is 1. The number of para-hydroxylation sites is 1. The lowest BCUT2D eigenvalue weighted by Crippen LogP contribution is -2.15. The third-order valence-electron chi connectivity index (χ3n) is 3.93. The number of thioether (sulfide) groups is 1. The topological polar surface area (TPSA) is 72.7 Å². The fourth-order valence-electron chi connectivity index (χ4n) is 2.64. The van der Waals surface area contributed by atoms with E-state index in [0.717, 1.165) is 23.4 Å². The van der Waals surface area contributed by atoms with E-state index >= 15 is 0 Å². The van der Waals surface area contributed by atoms with Crippen molar-refractivity contribution in [1.29, 1.82) is 0 Å². The summed E-state index contributed by atoms with van der Waals surface area (Å²) in [6.45, 7) is 6.41. The fraction of sp³-hybridized carbons (Fsp3) is 0.200. The van der Waals surface area contributed by atoms with Crippen LogP contribution in [0.2, 0.25) is 0 Å². The van der Waals surface area contributed by atoms with Gasteiger partial charge in [-0.25, -0.2) is 0 Å². The van der Waals surface area contributed by atoms with Crippen molar-refractivity contribution in [2.45, 2.75) is 25.0 Å². The Bertz CT molecular complexity index is 923. The van der Waals surface area contributed by atoms with Crippen molar-refractivity contribution in [3.63, 3.8) is 0 Å². The number of amides is 1. The number of aromatic nitrogens is 4. The Morgan fingerprint density at radius 2 is 2.04 bits per heavy atom. The van der Waals surface area contributed by atoms with Gasteiger partial charge < -0.3 is 5.32 Å².